The normalized spacial score (nSPS) is 11.9. The van der Waals surface area contributed by atoms with Crippen LogP contribution in [-0.4, -0.2) is 28.8 Å². The van der Waals surface area contributed by atoms with E-state index >= 15 is 0 Å². The topological polar surface area (TPSA) is 69.6 Å². The van der Waals surface area contributed by atoms with Crippen LogP contribution in [-0.2, 0) is 6.42 Å². The van der Waals surface area contributed by atoms with Crippen LogP contribution in [0.1, 0.15) is 21.5 Å². The molecule has 0 aliphatic carbocycles. The van der Waals surface area contributed by atoms with Crippen molar-refractivity contribution in [3.8, 4) is 5.75 Å². The zero-order valence-electron chi connectivity index (χ0n) is 11.9. The van der Waals surface area contributed by atoms with Gasteiger partial charge in [0.05, 0.1) is 12.6 Å². The van der Waals surface area contributed by atoms with Gasteiger partial charge < -0.3 is 15.5 Å². The second-order valence-electron chi connectivity index (χ2n) is 5.04. The summed E-state index contributed by atoms with van der Waals surface area (Å²) in [5.74, 6) is -0.116. The fraction of sp³-hybridized carbons (Fsp3) is 0.235. The van der Waals surface area contributed by atoms with E-state index in [1.54, 1.807) is 19.1 Å². The predicted molar refractivity (Wildman–Crippen MR) is 81.3 cm³/mol. The van der Waals surface area contributed by atoms with Gasteiger partial charge in [0.25, 0.3) is 5.91 Å². The van der Waals surface area contributed by atoms with Gasteiger partial charge in [-0.1, -0.05) is 30.3 Å². The summed E-state index contributed by atoms with van der Waals surface area (Å²) in [6, 6.07) is 14.0. The van der Waals surface area contributed by atoms with Crippen LogP contribution in [0.2, 0.25) is 0 Å². The Morgan fingerprint density at radius 2 is 1.90 bits per heavy atom. The number of phenols is 1. The molecule has 0 bridgehead atoms. The summed E-state index contributed by atoms with van der Waals surface area (Å²) in [5.41, 5.74) is 2.25. The van der Waals surface area contributed by atoms with Gasteiger partial charge in [0.15, 0.2) is 0 Å². The molecule has 0 aliphatic rings. The van der Waals surface area contributed by atoms with Crippen molar-refractivity contribution in [3.05, 3.63) is 65.2 Å². The minimum Gasteiger partial charge on any atom is -0.508 e. The monoisotopic (exact) mass is 285 g/mol. The number of aliphatic hydroxyl groups excluding tert-OH is 1. The average molecular weight is 285 g/mol. The van der Waals surface area contributed by atoms with Gasteiger partial charge in [0.1, 0.15) is 5.75 Å². The van der Waals surface area contributed by atoms with Crippen molar-refractivity contribution in [3.63, 3.8) is 0 Å². The molecule has 110 valence electrons. The SMILES string of the molecule is Cc1cc(O)ccc1C(=O)N[C@H](CO)Cc1ccccc1. The van der Waals surface area contributed by atoms with Crippen molar-refractivity contribution >= 4 is 5.91 Å². The Hall–Kier alpha value is -2.33. The maximum atomic E-state index is 12.2. The third kappa shape index (κ3) is 4.07. The number of amides is 1. The van der Waals surface area contributed by atoms with E-state index < -0.39 is 0 Å². The van der Waals surface area contributed by atoms with Crippen molar-refractivity contribution in [2.45, 2.75) is 19.4 Å². The number of aryl methyl sites for hydroxylation is 1. The van der Waals surface area contributed by atoms with Crippen molar-refractivity contribution < 1.29 is 15.0 Å². The number of aromatic hydroxyl groups is 1. The summed E-state index contributed by atoms with van der Waals surface area (Å²) in [6.45, 7) is 1.64. The first-order valence-corrected chi connectivity index (χ1v) is 6.85. The maximum absolute atomic E-state index is 12.2. The lowest BCUT2D eigenvalue weighted by molar-refractivity contribution is 0.0916. The van der Waals surface area contributed by atoms with E-state index in [2.05, 4.69) is 5.32 Å². The third-order valence-corrected chi connectivity index (χ3v) is 3.34. The van der Waals surface area contributed by atoms with Crippen LogP contribution in [0.5, 0.6) is 5.75 Å². The summed E-state index contributed by atoms with van der Waals surface area (Å²) < 4.78 is 0. The summed E-state index contributed by atoms with van der Waals surface area (Å²) in [6.07, 6.45) is 0.570. The van der Waals surface area contributed by atoms with Crippen molar-refractivity contribution in [2.75, 3.05) is 6.61 Å². The fourth-order valence-electron chi connectivity index (χ4n) is 2.23. The molecule has 0 aliphatic heterocycles. The van der Waals surface area contributed by atoms with E-state index in [9.17, 15) is 15.0 Å². The molecule has 0 unspecified atom stereocenters. The quantitative estimate of drug-likeness (QED) is 0.787. The maximum Gasteiger partial charge on any atom is 0.251 e. The zero-order chi connectivity index (χ0) is 15.2. The van der Waals surface area contributed by atoms with Crippen LogP contribution in [0.3, 0.4) is 0 Å². The first-order chi connectivity index (χ1) is 10.1. The summed E-state index contributed by atoms with van der Waals surface area (Å²) in [4.78, 5) is 12.2. The number of phenolic OH excluding ortho intramolecular Hbond substituents is 1. The highest BCUT2D eigenvalue weighted by Gasteiger charge is 2.15. The molecule has 4 nitrogen and oxygen atoms in total. The van der Waals surface area contributed by atoms with Crippen molar-refractivity contribution in [1.29, 1.82) is 0 Å². The van der Waals surface area contributed by atoms with Gasteiger partial charge in [-0.3, -0.25) is 4.79 Å². The number of benzene rings is 2. The molecule has 3 N–H and O–H groups in total. The number of nitrogens with one attached hydrogen (secondary N) is 1. The Balaban J connectivity index is 2.06. The van der Waals surface area contributed by atoms with Gasteiger partial charge in [-0.2, -0.15) is 0 Å². The molecule has 1 atom stereocenters. The minimum absolute atomic E-state index is 0.127. The molecule has 0 heterocycles. The van der Waals surface area contributed by atoms with Crippen LogP contribution >= 0.6 is 0 Å². The molecule has 21 heavy (non-hydrogen) atoms. The van der Waals surface area contributed by atoms with Gasteiger partial charge in [-0.25, -0.2) is 0 Å². The number of hydrogen-bond donors (Lipinski definition) is 3. The highest BCUT2D eigenvalue weighted by Crippen LogP contribution is 2.16. The molecule has 0 aromatic heterocycles. The molecule has 0 saturated carbocycles. The van der Waals surface area contributed by atoms with Crippen LogP contribution in [0.4, 0.5) is 0 Å². The second-order valence-corrected chi connectivity index (χ2v) is 5.04. The molecule has 2 aromatic carbocycles. The lowest BCUT2D eigenvalue weighted by Crippen LogP contribution is -2.39. The third-order valence-electron chi connectivity index (χ3n) is 3.34. The lowest BCUT2D eigenvalue weighted by Gasteiger charge is -2.17. The van der Waals surface area contributed by atoms with E-state index in [0.717, 1.165) is 5.56 Å². The van der Waals surface area contributed by atoms with Gasteiger partial charge in [0.2, 0.25) is 0 Å². The first kappa shape index (κ1) is 15.1. The number of hydrogen-bond acceptors (Lipinski definition) is 3. The largest absolute Gasteiger partial charge is 0.508 e. The fourth-order valence-corrected chi connectivity index (χ4v) is 2.23. The molecule has 0 saturated heterocycles. The molecule has 0 radical (unpaired) electrons. The first-order valence-electron chi connectivity index (χ1n) is 6.85. The van der Waals surface area contributed by atoms with Crippen molar-refractivity contribution in [2.24, 2.45) is 0 Å². The van der Waals surface area contributed by atoms with Gasteiger partial charge in [0, 0.05) is 5.56 Å². The van der Waals surface area contributed by atoms with Crippen LogP contribution in [0, 0.1) is 6.92 Å². The molecular formula is C17H19NO3. The molecule has 0 spiro atoms. The summed E-state index contributed by atoms with van der Waals surface area (Å²) in [5, 5.41) is 21.6. The van der Waals surface area contributed by atoms with Crippen LogP contribution < -0.4 is 5.32 Å². The smallest absolute Gasteiger partial charge is 0.251 e. The molecule has 1 amide bonds. The Labute approximate surface area is 124 Å². The van der Waals surface area contributed by atoms with Crippen LogP contribution in [0.15, 0.2) is 48.5 Å². The highest BCUT2D eigenvalue weighted by atomic mass is 16.3. The lowest BCUT2D eigenvalue weighted by atomic mass is 10.0. The number of carbonyl (C=O) groups is 1. The summed E-state index contributed by atoms with van der Waals surface area (Å²) in [7, 11) is 0. The Morgan fingerprint density at radius 1 is 1.19 bits per heavy atom. The Kier molecular flexibility index (Phi) is 4.95. The van der Waals surface area contributed by atoms with Gasteiger partial charge in [-0.05, 0) is 42.7 Å². The highest BCUT2D eigenvalue weighted by molar-refractivity contribution is 5.96. The Morgan fingerprint density at radius 3 is 2.52 bits per heavy atom. The van der Waals surface area contributed by atoms with E-state index in [1.165, 1.54) is 6.07 Å². The minimum atomic E-state index is -0.340. The molecule has 2 aromatic rings. The molecule has 2 rings (SSSR count). The molecule has 0 fully saturated rings. The molecule has 4 heteroatoms. The van der Waals surface area contributed by atoms with Crippen molar-refractivity contribution in [1.82, 2.24) is 5.32 Å². The van der Waals surface area contributed by atoms with Crippen LogP contribution in [0.25, 0.3) is 0 Å². The van der Waals surface area contributed by atoms with E-state index in [-0.39, 0.29) is 24.3 Å². The van der Waals surface area contributed by atoms with Gasteiger partial charge in [-0.15, -0.1) is 0 Å². The standard InChI is InChI=1S/C17H19NO3/c1-12-9-15(20)7-8-16(12)17(21)18-14(11-19)10-13-5-3-2-4-6-13/h2-9,14,19-20H,10-11H2,1H3,(H,18,21)/t14-/m0/s1. The number of rotatable bonds is 5. The number of aliphatic hydroxyl groups is 1. The Bertz CT molecular complexity index is 611. The van der Waals surface area contributed by atoms with E-state index in [4.69, 9.17) is 0 Å². The predicted octanol–water partition coefficient (Wildman–Crippen LogP) is 2.03. The van der Waals surface area contributed by atoms with E-state index in [0.29, 0.717) is 17.5 Å². The van der Waals surface area contributed by atoms with E-state index in [1.807, 2.05) is 30.3 Å². The average Bonchev–Trinajstić information content (AvgIpc) is 2.47. The van der Waals surface area contributed by atoms with Gasteiger partial charge >= 0.3 is 0 Å². The molecular weight excluding hydrogens is 266 g/mol. The summed E-state index contributed by atoms with van der Waals surface area (Å²) >= 11 is 0. The zero-order valence-corrected chi connectivity index (χ0v) is 11.9. The number of carbonyl (C=O) groups excluding carboxylic acids is 1. The second kappa shape index (κ2) is 6.90.